The molecule has 10 rings (SSSR count). The van der Waals surface area contributed by atoms with Gasteiger partial charge in [0.1, 0.15) is 5.82 Å². The first-order valence-corrected chi connectivity index (χ1v) is 29.8. The summed E-state index contributed by atoms with van der Waals surface area (Å²) < 4.78 is 15.9. The van der Waals surface area contributed by atoms with E-state index in [1.165, 1.54) is 11.3 Å². The van der Waals surface area contributed by atoms with Crippen molar-refractivity contribution in [2.45, 2.75) is 141 Å². The number of aryl methyl sites for hydroxylation is 5. The Morgan fingerprint density at radius 1 is 0.863 bits per heavy atom. The maximum Gasteiger partial charge on any atom is 0.407 e. The minimum absolute atomic E-state index is 0.00479. The van der Waals surface area contributed by atoms with Crippen LogP contribution in [0.2, 0.25) is 0 Å². The number of β-amino-alcohol motifs (C(OH)–C–C–N with tert-alkyl or cyclic N) is 1. The third-order valence-corrected chi connectivity index (χ3v) is 17.8. The van der Waals surface area contributed by atoms with E-state index in [-0.39, 0.29) is 43.3 Å². The van der Waals surface area contributed by atoms with E-state index < -0.39 is 18.2 Å². The van der Waals surface area contributed by atoms with Gasteiger partial charge in [0.15, 0.2) is 0 Å². The van der Waals surface area contributed by atoms with Gasteiger partial charge in [0.25, 0.3) is 0 Å². The van der Waals surface area contributed by atoms with Gasteiger partial charge >= 0.3 is 12.1 Å². The number of carbonyl (C=O) groups is 4. The number of aromatic nitrogens is 6. The molecule has 0 bridgehead atoms. The van der Waals surface area contributed by atoms with Gasteiger partial charge < -0.3 is 55.0 Å². The molecule has 434 valence electrons. The largest absolute Gasteiger partial charge is 0.481 e. The lowest BCUT2D eigenvalue weighted by molar-refractivity contribution is -0.137. The van der Waals surface area contributed by atoms with Crippen molar-refractivity contribution in [1.82, 2.24) is 49.8 Å². The fourth-order valence-electron chi connectivity index (χ4n) is 13.3. The van der Waals surface area contributed by atoms with Gasteiger partial charge in [0.05, 0.1) is 61.2 Å². The van der Waals surface area contributed by atoms with Crippen LogP contribution in [0.1, 0.15) is 123 Å². The molecule has 0 spiro atoms. The molecule has 0 radical (unpaired) electrons. The van der Waals surface area contributed by atoms with Crippen LogP contribution in [0.4, 0.5) is 16.3 Å². The number of anilines is 2. The standard InChI is InChI=1S/C59H84N12O9/c1-39-27-40(2)71(64-39)46-29-43(44(30-57(76)77)34-66-22-18-41(33-66)37-79-54-17-12-42-9-8-20-60-58(42)62-54)28-45(31-46)67-23-25-68(26-24-67)55(74)10-5-7-21-70-53-16-14-50-49(13-15-52(53)63-65-70)51(50)38-80-59(78)61-19-6-3-4-11-56(75)69-35-48(73)32-47(69)36-72/h12,17,27-29,31,41,44,47-51,72-73H,3-11,13-16,18-26,30,32-38H2,1-2H3,(H,60,62)(H,61,78)(H,76,77)/t41-,44-,47+,48-,49?,50-,51+/m1/s1. The number of aliphatic hydroxyl groups excluding tert-OH is 2. The Hall–Kier alpha value is -6.32. The number of piperazine rings is 1. The average molecular weight is 1110 g/mol. The van der Waals surface area contributed by atoms with Crippen LogP contribution >= 0.6 is 0 Å². The van der Waals surface area contributed by atoms with Crippen molar-refractivity contribution in [3.63, 3.8) is 0 Å². The summed E-state index contributed by atoms with van der Waals surface area (Å²) >= 11 is 0. The zero-order valence-electron chi connectivity index (χ0n) is 47.0. The van der Waals surface area contributed by atoms with E-state index in [1.807, 2.05) is 34.2 Å². The van der Waals surface area contributed by atoms with Crippen molar-refractivity contribution in [3.8, 4) is 11.6 Å². The third kappa shape index (κ3) is 14.4. The molecule has 4 aromatic rings. The summed E-state index contributed by atoms with van der Waals surface area (Å²) in [5.41, 5.74) is 8.26. The number of likely N-dealkylation sites (tertiary alicyclic amines) is 2. The fraction of sp³-hybridized carbons (Fsp3) is 0.661. The van der Waals surface area contributed by atoms with Crippen LogP contribution in [0.15, 0.2) is 36.4 Å². The summed E-state index contributed by atoms with van der Waals surface area (Å²) in [6, 6.07) is 12.2. The van der Waals surface area contributed by atoms with Gasteiger partial charge in [-0.1, -0.05) is 11.6 Å². The number of hydrogen-bond donors (Lipinski definition) is 5. The molecule has 2 aliphatic carbocycles. The van der Waals surface area contributed by atoms with Crippen molar-refractivity contribution >= 4 is 35.4 Å². The van der Waals surface area contributed by atoms with Gasteiger partial charge in [-0.15, -0.1) is 5.10 Å². The number of carboxylic acid groups (broad SMARTS) is 1. The number of nitrogens with zero attached hydrogens (tertiary/aromatic N) is 10. The number of carbonyl (C=O) groups excluding carboxylic acids is 3. The number of alkyl carbamates (subject to hydrolysis) is 1. The van der Waals surface area contributed by atoms with E-state index in [4.69, 9.17) is 19.6 Å². The van der Waals surface area contributed by atoms with E-state index in [2.05, 4.69) is 61.1 Å². The Labute approximate surface area is 469 Å². The lowest BCUT2D eigenvalue weighted by Crippen LogP contribution is -2.48. The molecule has 21 heteroatoms. The van der Waals surface area contributed by atoms with Crippen molar-refractivity contribution in [2.24, 2.45) is 23.7 Å². The van der Waals surface area contributed by atoms with Crippen LogP contribution in [0.5, 0.6) is 5.88 Å². The molecule has 7 heterocycles. The van der Waals surface area contributed by atoms with E-state index in [9.17, 15) is 34.5 Å². The van der Waals surface area contributed by atoms with Crippen LogP contribution in [-0.2, 0) is 44.9 Å². The molecule has 1 aromatic carbocycles. The quantitative estimate of drug-likeness (QED) is 0.0560. The van der Waals surface area contributed by atoms with Gasteiger partial charge in [0.2, 0.25) is 17.7 Å². The molecule has 3 aromatic heterocycles. The molecule has 4 fully saturated rings. The summed E-state index contributed by atoms with van der Waals surface area (Å²) in [6.45, 7) is 12.1. The molecule has 1 unspecified atom stereocenters. The molecule has 4 aliphatic heterocycles. The number of ether oxygens (including phenoxy) is 2. The molecule has 3 amide bonds. The van der Waals surface area contributed by atoms with E-state index in [0.29, 0.717) is 114 Å². The highest BCUT2D eigenvalue weighted by molar-refractivity contribution is 5.77. The first-order chi connectivity index (χ1) is 38.8. The van der Waals surface area contributed by atoms with Gasteiger partial charge in [-0.3, -0.25) is 14.4 Å². The first-order valence-electron chi connectivity index (χ1n) is 29.8. The highest BCUT2D eigenvalue weighted by Gasteiger charge is 2.50. The average Bonchev–Trinajstić information content (AvgIpc) is 4.19. The van der Waals surface area contributed by atoms with E-state index in [0.717, 1.165) is 130 Å². The molecule has 1 saturated carbocycles. The molecular weight excluding hydrogens is 1020 g/mol. The number of aliphatic carboxylic acids is 1. The van der Waals surface area contributed by atoms with Crippen molar-refractivity contribution in [1.29, 1.82) is 0 Å². The lowest BCUT2D eigenvalue weighted by atomic mass is 9.93. The number of benzene rings is 1. The molecule has 6 aliphatic rings. The van der Waals surface area contributed by atoms with Crippen LogP contribution in [-0.4, -0.2) is 181 Å². The highest BCUT2D eigenvalue weighted by Crippen LogP contribution is 2.53. The third-order valence-electron chi connectivity index (χ3n) is 17.8. The topological polar surface area (TPSA) is 246 Å². The highest BCUT2D eigenvalue weighted by atomic mass is 16.5. The second-order valence-electron chi connectivity index (χ2n) is 23.5. The molecule has 7 atom stereocenters. The summed E-state index contributed by atoms with van der Waals surface area (Å²) in [4.78, 5) is 64.2. The van der Waals surface area contributed by atoms with Crippen LogP contribution < -0.4 is 20.3 Å². The Morgan fingerprint density at radius 3 is 2.46 bits per heavy atom. The molecular formula is C59H84N12O9. The monoisotopic (exact) mass is 1100 g/mol. The number of carboxylic acids is 1. The fourth-order valence-corrected chi connectivity index (χ4v) is 13.3. The summed E-state index contributed by atoms with van der Waals surface area (Å²) in [7, 11) is 0. The van der Waals surface area contributed by atoms with Crippen LogP contribution in [0.3, 0.4) is 0 Å². The number of nitrogens with one attached hydrogen (secondary N) is 2. The Balaban J connectivity index is 0.651. The number of pyridine rings is 1. The number of hydrogen-bond acceptors (Lipinski definition) is 15. The van der Waals surface area contributed by atoms with E-state index >= 15 is 0 Å². The molecule has 21 nitrogen and oxygen atoms in total. The van der Waals surface area contributed by atoms with E-state index in [1.54, 1.807) is 4.90 Å². The maximum atomic E-state index is 13.7. The van der Waals surface area contributed by atoms with Crippen LogP contribution in [0.25, 0.3) is 5.69 Å². The number of amides is 3. The van der Waals surface area contributed by atoms with Crippen LogP contribution in [0, 0.1) is 37.5 Å². The number of aliphatic hydroxyl groups is 2. The number of rotatable bonds is 24. The first kappa shape index (κ1) is 56.9. The lowest BCUT2D eigenvalue weighted by Gasteiger charge is -2.37. The van der Waals surface area contributed by atoms with Gasteiger partial charge in [-0.25, -0.2) is 14.2 Å². The molecule has 3 saturated heterocycles. The number of unbranched alkanes of at least 4 members (excludes halogenated alkanes) is 3. The minimum Gasteiger partial charge on any atom is -0.481 e. The Morgan fingerprint density at radius 2 is 1.66 bits per heavy atom. The van der Waals surface area contributed by atoms with Gasteiger partial charge in [-0.2, -0.15) is 10.1 Å². The summed E-state index contributed by atoms with van der Waals surface area (Å²) in [5, 5.41) is 49.8. The van der Waals surface area contributed by atoms with Crippen molar-refractivity contribution in [2.75, 3.05) is 95.5 Å². The zero-order valence-corrected chi connectivity index (χ0v) is 47.0. The number of fused-ring (bicyclic) bond motifs is 3. The van der Waals surface area contributed by atoms with Gasteiger partial charge in [0, 0.05) is 108 Å². The summed E-state index contributed by atoms with van der Waals surface area (Å²) in [5.74, 6) is 2.27. The Bertz CT molecular complexity index is 2780. The van der Waals surface area contributed by atoms with Gasteiger partial charge in [-0.05, 0) is 157 Å². The zero-order chi connectivity index (χ0) is 55.7. The van der Waals surface area contributed by atoms with Crippen molar-refractivity contribution < 1.29 is 44.0 Å². The maximum absolute atomic E-state index is 13.7. The smallest absolute Gasteiger partial charge is 0.407 e. The normalized spacial score (nSPS) is 23.1. The molecule has 5 N–H and O–H groups in total. The Kier molecular flexibility index (Phi) is 18.9. The van der Waals surface area contributed by atoms with Crippen molar-refractivity contribution in [3.05, 3.63) is 70.3 Å². The second-order valence-corrected chi connectivity index (χ2v) is 23.5. The predicted octanol–water partition coefficient (Wildman–Crippen LogP) is 5.29. The summed E-state index contributed by atoms with van der Waals surface area (Å²) in [6.07, 6.45) is 10.9. The predicted molar refractivity (Wildman–Crippen MR) is 300 cm³/mol. The second kappa shape index (κ2) is 26.5. The SMILES string of the molecule is Cc1cc(C)n(-c2cc([C@H](CC(=O)O)CN3CC[C@@H](COc4ccc5c(n4)NCCC5)C3)cc(N3CCN(C(=O)CCCCn4nnc5c4CC[C@@H]4C(CC5)[C@@H]4COC(=O)NCCCCCC(=O)N4C[C@H](O)C[C@H]4CO)CC3)c2)n1. The minimum atomic E-state index is -0.829. The molecule has 80 heavy (non-hydrogen) atoms.